The van der Waals surface area contributed by atoms with Crippen LogP contribution in [0.1, 0.15) is 32.3 Å². The molecule has 1 fully saturated rings. The van der Waals surface area contributed by atoms with E-state index in [0.29, 0.717) is 6.04 Å². The van der Waals surface area contributed by atoms with Gasteiger partial charge in [-0.3, -0.25) is 4.90 Å². The zero-order valence-electron chi connectivity index (χ0n) is 11.6. The van der Waals surface area contributed by atoms with Crippen molar-refractivity contribution >= 4 is 5.69 Å². The van der Waals surface area contributed by atoms with E-state index in [2.05, 4.69) is 24.8 Å². The van der Waals surface area contributed by atoms with Gasteiger partial charge < -0.3 is 10.5 Å². The second-order valence-corrected chi connectivity index (χ2v) is 5.51. The number of anilines is 1. The van der Waals surface area contributed by atoms with Gasteiger partial charge in [0, 0.05) is 24.3 Å². The molecule has 3 heteroatoms. The van der Waals surface area contributed by atoms with Crippen molar-refractivity contribution in [3.63, 3.8) is 0 Å². The first-order valence-electron chi connectivity index (χ1n) is 6.76. The molecule has 1 aromatic carbocycles. The number of nitrogens with zero attached hydrogens (tertiary/aromatic N) is 1. The third kappa shape index (κ3) is 2.96. The Morgan fingerprint density at radius 1 is 1.39 bits per heavy atom. The molecular formula is C15H24N2O. The van der Waals surface area contributed by atoms with Gasteiger partial charge in [-0.1, -0.05) is 13.0 Å². The first-order chi connectivity index (χ1) is 8.60. The van der Waals surface area contributed by atoms with Crippen LogP contribution in [-0.2, 0) is 6.54 Å². The predicted octanol–water partition coefficient (Wildman–Crippen LogP) is 2.90. The van der Waals surface area contributed by atoms with Crippen LogP contribution in [-0.4, -0.2) is 24.6 Å². The largest absolute Gasteiger partial charge is 0.497 e. The summed E-state index contributed by atoms with van der Waals surface area (Å²) < 4.78 is 5.18. The van der Waals surface area contributed by atoms with Gasteiger partial charge in [0.2, 0.25) is 0 Å². The summed E-state index contributed by atoms with van der Waals surface area (Å²) in [5, 5.41) is 0. The van der Waals surface area contributed by atoms with Crippen LogP contribution in [0.15, 0.2) is 18.2 Å². The SMILES string of the molecule is COc1ccc(CN2CCC(C)CC2C)c(N)c1. The van der Waals surface area contributed by atoms with Gasteiger partial charge in [0.05, 0.1) is 7.11 Å². The molecule has 1 aliphatic heterocycles. The number of rotatable bonds is 3. The molecule has 3 nitrogen and oxygen atoms in total. The molecule has 1 aliphatic rings. The van der Waals surface area contributed by atoms with Crippen molar-refractivity contribution in [1.29, 1.82) is 0 Å². The highest BCUT2D eigenvalue weighted by Crippen LogP contribution is 2.26. The van der Waals surface area contributed by atoms with Crippen LogP contribution < -0.4 is 10.5 Å². The van der Waals surface area contributed by atoms with Crippen LogP contribution in [0.4, 0.5) is 5.69 Å². The minimum Gasteiger partial charge on any atom is -0.497 e. The van der Waals surface area contributed by atoms with E-state index in [1.54, 1.807) is 7.11 Å². The average molecular weight is 248 g/mol. The Hall–Kier alpha value is -1.22. The standard InChI is InChI=1S/C15H24N2O/c1-11-6-7-17(12(2)8-11)10-13-4-5-14(18-3)9-15(13)16/h4-5,9,11-12H,6-8,10,16H2,1-3H3. The van der Waals surface area contributed by atoms with E-state index in [-0.39, 0.29) is 0 Å². The van der Waals surface area contributed by atoms with Crippen LogP contribution in [0.25, 0.3) is 0 Å². The van der Waals surface area contributed by atoms with E-state index in [9.17, 15) is 0 Å². The molecule has 18 heavy (non-hydrogen) atoms. The smallest absolute Gasteiger partial charge is 0.120 e. The molecule has 2 rings (SSSR count). The van der Waals surface area contributed by atoms with Crippen molar-refractivity contribution in [2.45, 2.75) is 39.3 Å². The number of likely N-dealkylation sites (tertiary alicyclic amines) is 1. The number of nitrogen functional groups attached to an aromatic ring is 1. The fraction of sp³-hybridized carbons (Fsp3) is 0.600. The Labute approximate surface area is 110 Å². The molecule has 1 saturated heterocycles. The summed E-state index contributed by atoms with van der Waals surface area (Å²) in [6, 6.07) is 6.63. The van der Waals surface area contributed by atoms with Gasteiger partial charge in [0.25, 0.3) is 0 Å². The molecule has 1 aromatic rings. The van der Waals surface area contributed by atoms with Gasteiger partial charge in [-0.05, 0) is 43.9 Å². The van der Waals surface area contributed by atoms with Crippen molar-refractivity contribution < 1.29 is 4.74 Å². The van der Waals surface area contributed by atoms with E-state index in [4.69, 9.17) is 10.5 Å². The number of methoxy groups -OCH3 is 1. The molecule has 1 heterocycles. The molecule has 2 atom stereocenters. The lowest BCUT2D eigenvalue weighted by Crippen LogP contribution is -2.39. The number of piperidine rings is 1. The number of benzene rings is 1. The second-order valence-electron chi connectivity index (χ2n) is 5.51. The third-order valence-corrected chi connectivity index (χ3v) is 4.00. The number of hydrogen-bond donors (Lipinski definition) is 1. The zero-order valence-corrected chi connectivity index (χ0v) is 11.6. The number of nitrogens with two attached hydrogens (primary N) is 1. The van der Waals surface area contributed by atoms with Crippen LogP contribution in [0, 0.1) is 5.92 Å². The number of ether oxygens (including phenoxy) is 1. The van der Waals surface area contributed by atoms with Crippen molar-refractivity contribution in [2.24, 2.45) is 5.92 Å². The predicted molar refractivity (Wildman–Crippen MR) is 75.7 cm³/mol. The van der Waals surface area contributed by atoms with Gasteiger partial charge in [-0.2, -0.15) is 0 Å². The Morgan fingerprint density at radius 2 is 2.17 bits per heavy atom. The van der Waals surface area contributed by atoms with Gasteiger partial charge in [-0.15, -0.1) is 0 Å². The third-order valence-electron chi connectivity index (χ3n) is 4.00. The lowest BCUT2D eigenvalue weighted by atomic mass is 9.93. The topological polar surface area (TPSA) is 38.5 Å². The van der Waals surface area contributed by atoms with E-state index in [0.717, 1.165) is 23.9 Å². The van der Waals surface area contributed by atoms with E-state index in [1.165, 1.54) is 24.9 Å². The highest BCUT2D eigenvalue weighted by molar-refractivity contribution is 5.51. The van der Waals surface area contributed by atoms with Crippen LogP contribution in [0.5, 0.6) is 5.75 Å². The highest BCUT2D eigenvalue weighted by atomic mass is 16.5. The minimum atomic E-state index is 0.648. The van der Waals surface area contributed by atoms with Gasteiger partial charge in [-0.25, -0.2) is 0 Å². The summed E-state index contributed by atoms with van der Waals surface area (Å²) >= 11 is 0. The monoisotopic (exact) mass is 248 g/mol. The van der Waals surface area contributed by atoms with Crippen molar-refractivity contribution in [1.82, 2.24) is 4.90 Å². The fourth-order valence-electron chi connectivity index (χ4n) is 2.75. The molecular weight excluding hydrogens is 224 g/mol. The van der Waals surface area contributed by atoms with Gasteiger partial charge in [0.1, 0.15) is 5.75 Å². The lowest BCUT2D eigenvalue weighted by Gasteiger charge is -2.36. The Balaban J connectivity index is 2.05. The quantitative estimate of drug-likeness (QED) is 0.836. The maximum atomic E-state index is 6.08. The molecule has 0 amide bonds. The van der Waals surface area contributed by atoms with Crippen molar-refractivity contribution in [2.75, 3.05) is 19.4 Å². The molecule has 0 saturated carbocycles. The van der Waals surface area contributed by atoms with E-state index in [1.807, 2.05) is 12.1 Å². The van der Waals surface area contributed by atoms with E-state index >= 15 is 0 Å². The first-order valence-corrected chi connectivity index (χ1v) is 6.76. The first kappa shape index (κ1) is 13.2. The number of hydrogen-bond acceptors (Lipinski definition) is 3. The molecule has 2 unspecified atom stereocenters. The molecule has 0 bridgehead atoms. The maximum Gasteiger partial charge on any atom is 0.120 e. The summed E-state index contributed by atoms with van der Waals surface area (Å²) in [6.07, 6.45) is 2.58. The maximum absolute atomic E-state index is 6.08. The van der Waals surface area contributed by atoms with Gasteiger partial charge in [0.15, 0.2) is 0 Å². The van der Waals surface area contributed by atoms with Gasteiger partial charge >= 0.3 is 0 Å². The molecule has 100 valence electrons. The molecule has 0 radical (unpaired) electrons. The molecule has 0 spiro atoms. The summed E-state index contributed by atoms with van der Waals surface area (Å²) in [5.41, 5.74) is 8.12. The Morgan fingerprint density at radius 3 is 2.78 bits per heavy atom. The summed E-state index contributed by atoms with van der Waals surface area (Å²) in [7, 11) is 1.67. The Kier molecular flexibility index (Phi) is 4.12. The fourth-order valence-corrected chi connectivity index (χ4v) is 2.75. The van der Waals surface area contributed by atoms with E-state index < -0.39 is 0 Å². The van der Waals surface area contributed by atoms with Crippen LogP contribution >= 0.6 is 0 Å². The Bertz CT molecular complexity index is 405. The molecule has 0 aliphatic carbocycles. The minimum absolute atomic E-state index is 0.648. The summed E-state index contributed by atoms with van der Waals surface area (Å²) in [6.45, 7) is 6.78. The van der Waals surface area contributed by atoms with Crippen molar-refractivity contribution in [3.8, 4) is 5.75 Å². The summed E-state index contributed by atoms with van der Waals surface area (Å²) in [4.78, 5) is 2.53. The normalized spacial score (nSPS) is 25.1. The summed E-state index contributed by atoms with van der Waals surface area (Å²) in [5.74, 6) is 1.68. The zero-order chi connectivity index (χ0) is 13.1. The highest BCUT2D eigenvalue weighted by Gasteiger charge is 2.23. The van der Waals surface area contributed by atoms with Crippen LogP contribution in [0.3, 0.4) is 0 Å². The average Bonchev–Trinajstić information content (AvgIpc) is 2.34. The second kappa shape index (κ2) is 5.61. The lowest BCUT2D eigenvalue weighted by molar-refractivity contribution is 0.122. The molecule has 2 N–H and O–H groups in total. The van der Waals surface area contributed by atoms with Crippen LogP contribution in [0.2, 0.25) is 0 Å². The molecule has 0 aromatic heterocycles. The van der Waals surface area contributed by atoms with Crippen molar-refractivity contribution in [3.05, 3.63) is 23.8 Å².